The van der Waals surface area contributed by atoms with Crippen LogP contribution >= 0.6 is 59.4 Å². The van der Waals surface area contributed by atoms with Gasteiger partial charge in [-0.15, -0.1) is 11.6 Å². The normalized spacial score (nSPS) is 12.5. The maximum absolute atomic E-state index is 10.8. The van der Waals surface area contributed by atoms with Crippen molar-refractivity contribution in [2.75, 3.05) is 0 Å². The molecule has 1 aromatic carbocycles. The van der Waals surface area contributed by atoms with E-state index < -0.39 is 11.3 Å². The van der Waals surface area contributed by atoms with Crippen molar-refractivity contribution in [3.8, 4) is 0 Å². The van der Waals surface area contributed by atoms with Crippen LogP contribution in [0.2, 0.25) is 0 Å². The summed E-state index contributed by atoms with van der Waals surface area (Å²) in [6.07, 6.45) is 0.394. The smallest absolute Gasteiger partial charge is 0.235 e. The summed E-state index contributed by atoms with van der Waals surface area (Å²) in [6.45, 7) is 0. The quantitative estimate of drug-likeness (QED) is 0.747. The molecule has 0 bridgehead atoms. The monoisotopic (exact) mass is 417 g/mol. The summed E-state index contributed by atoms with van der Waals surface area (Å²) in [4.78, 5) is 10.8. The van der Waals surface area contributed by atoms with E-state index in [0.717, 1.165) is 19.0 Å². The number of amides is 1. The van der Waals surface area contributed by atoms with Crippen molar-refractivity contribution in [2.24, 2.45) is 5.73 Å². The van der Waals surface area contributed by atoms with Gasteiger partial charge >= 0.3 is 0 Å². The van der Waals surface area contributed by atoms with Gasteiger partial charge in [0.1, 0.15) is 5.38 Å². The van der Waals surface area contributed by atoms with Gasteiger partial charge in [0.15, 0.2) is 0 Å². The molecule has 15 heavy (non-hydrogen) atoms. The summed E-state index contributed by atoms with van der Waals surface area (Å²) in [5, 5.41) is -0.696. The zero-order valence-electron chi connectivity index (χ0n) is 7.44. The minimum Gasteiger partial charge on any atom is -0.368 e. The van der Waals surface area contributed by atoms with Crippen molar-refractivity contribution >= 4 is 65.3 Å². The first-order valence-corrected chi connectivity index (χ1v) is 6.80. The Labute approximate surface area is 118 Å². The molecule has 1 atom stereocenters. The topological polar surface area (TPSA) is 43.1 Å². The molecule has 0 aliphatic carbocycles. The number of alkyl halides is 1. The second-order valence-electron chi connectivity index (χ2n) is 2.92. The van der Waals surface area contributed by atoms with Crippen molar-refractivity contribution in [1.82, 2.24) is 0 Å². The number of primary amides is 1. The SMILES string of the molecule is NC(=O)C(Cl)Cc1c(Br)cc(Br)cc1Br. The third-order valence-electron chi connectivity index (χ3n) is 1.80. The number of carbonyl (C=O) groups is 1. The minimum absolute atomic E-state index is 0.394. The average molecular weight is 420 g/mol. The molecule has 0 saturated carbocycles. The number of hydrogen-bond acceptors (Lipinski definition) is 1. The van der Waals surface area contributed by atoms with E-state index in [0.29, 0.717) is 6.42 Å². The molecule has 6 heteroatoms. The Hall–Kier alpha value is 0.420. The average Bonchev–Trinajstić information content (AvgIpc) is 2.10. The molecule has 1 aromatic rings. The number of halogens is 4. The Morgan fingerprint density at radius 1 is 1.33 bits per heavy atom. The Morgan fingerprint density at radius 2 is 1.80 bits per heavy atom. The molecule has 1 unspecified atom stereocenters. The second kappa shape index (κ2) is 5.66. The number of hydrogen-bond donors (Lipinski definition) is 1. The standard InChI is InChI=1S/C9H7Br3ClNO/c10-4-1-6(11)5(7(12)2-4)3-8(13)9(14)15/h1-2,8H,3H2,(H2,14,15). The maximum Gasteiger partial charge on any atom is 0.235 e. The molecular weight excluding hydrogens is 413 g/mol. The third-order valence-corrected chi connectivity index (χ3v) is 4.04. The van der Waals surface area contributed by atoms with Crippen LogP contribution in [0.25, 0.3) is 0 Å². The van der Waals surface area contributed by atoms with Gasteiger partial charge in [-0.1, -0.05) is 47.8 Å². The first-order chi connectivity index (χ1) is 6.91. The molecule has 0 heterocycles. The summed E-state index contributed by atoms with van der Waals surface area (Å²) in [5.41, 5.74) is 6.03. The Bertz CT molecular complexity index is 374. The van der Waals surface area contributed by atoms with E-state index in [1.165, 1.54) is 0 Å². The summed E-state index contributed by atoms with van der Waals surface area (Å²) >= 11 is 16.0. The number of benzene rings is 1. The summed E-state index contributed by atoms with van der Waals surface area (Å²) < 4.78 is 2.71. The van der Waals surface area contributed by atoms with Gasteiger partial charge in [0.05, 0.1) is 0 Å². The molecule has 1 rings (SSSR count). The van der Waals surface area contributed by atoms with Crippen LogP contribution < -0.4 is 5.73 Å². The van der Waals surface area contributed by atoms with Gasteiger partial charge in [0.2, 0.25) is 5.91 Å². The zero-order valence-corrected chi connectivity index (χ0v) is 13.0. The maximum atomic E-state index is 10.8. The van der Waals surface area contributed by atoms with Gasteiger partial charge in [-0.05, 0) is 24.1 Å². The van der Waals surface area contributed by atoms with E-state index in [-0.39, 0.29) is 0 Å². The van der Waals surface area contributed by atoms with E-state index in [1.54, 1.807) is 0 Å². The molecule has 0 fully saturated rings. The third kappa shape index (κ3) is 3.73. The molecule has 2 nitrogen and oxygen atoms in total. The predicted octanol–water partition coefficient (Wildman–Crippen LogP) is 3.61. The van der Waals surface area contributed by atoms with Crippen LogP contribution in [-0.2, 0) is 11.2 Å². The van der Waals surface area contributed by atoms with Crippen molar-refractivity contribution < 1.29 is 4.79 Å². The van der Waals surface area contributed by atoms with Crippen molar-refractivity contribution in [1.29, 1.82) is 0 Å². The lowest BCUT2D eigenvalue weighted by atomic mass is 10.1. The van der Waals surface area contributed by atoms with Gasteiger partial charge in [0.25, 0.3) is 0 Å². The molecule has 0 spiro atoms. The first-order valence-electron chi connectivity index (χ1n) is 3.98. The first kappa shape index (κ1) is 13.5. The molecule has 0 radical (unpaired) electrons. The van der Waals surface area contributed by atoms with Crippen molar-refractivity contribution in [3.63, 3.8) is 0 Å². The fraction of sp³-hybridized carbons (Fsp3) is 0.222. The fourth-order valence-corrected chi connectivity index (χ4v) is 3.78. The lowest BCUT2D eigenvalue weighted by Gasteiger charge is -2.10. The van der Waals surface area contributed by atoms with E-state index in [2.05, 4.69) is 47.8 Å². The van der Waals surface area contributed by atoms with E-state index in [9.17, 15) is 4.79 Å². The van der Waals surface area contributed by atoms with Crippen LogP contribution in [0.4, 0.5) is 0 Å². The van der Waals surface area contributed by atoms with Crippen LogP contribution in [0.3, 0.4) is 0 Å². The van der Waals surface area contributed by atoms with E-state index in [4.69, 9.17) is 17.3 Å². The molecule has 82 valence electrons. The van der Waals surface area contributed by atoms with E-state index in [1.807, 2.05) is 12.1 Å². The van der Waals surface area contributed by atoms with E-state index >= 15 is 0 Å². The van der Waals surface area contributed by atoms with Gasteiger partial charge in [0, 0.05) is 13.4 Å². The molecule has 2 N–H and O–H groups in total. The predicted molar refractivity (Wildman–Crippen MR) is 72.1 cm³/mol. The molecule has 0 aliphatic rings. The molecule has 1 amide bonds. The Balaban J connectivity index is 3.00. The summed E-state index contributed by atoms with van der Waals surface area (Å²) in [7, 11) is 0. The van der Waals surface area contributed by atoms with Crippen LogP contribution in [0.5, 0.6) is 0 Å². The Kier molecular flexibility index (Phi) is 5.09. The lowest BCUT2D eigenvalue weighted by Crippen LogP contribution is -2.25. The van der Waals surface area contributed by atoms with Gasteiger partial charge in [-0.25, -0.2) is 0 Å². The molecule has 0 aromatic heterocycles. The van der Waals surface area contributed by atoms with Crippen LogP contribution in [0, 0.1) is 0 Å². The zero-order chi connectivity index (χ0) is 11.6. The fourth-order valence-electron chi connectivity index (χ4n) is 1.05. The van der Waals surface area contributed by atoms with Crippen molar-refractivity contribution in [3.05, 3.63) is 31.1 Å². The highest BCUT2D eigenvalue weighted by Crippen LogP contribution is 2.31. The van der Waals surface area contributed by atoms with Crippen LogP contribution in [-0.4, -0.2) is 11.3 Å². The largest absolute Gasteiger partial charge is 0.368 e. The van der Waals surface area contributed by atoms with Crippen molar-refractivity contribution in [2.45, 2.75) is 11.8 Å². The highest BCUT2D eigenvalue weighted by molar-refractivity contribution is 9.11. The van der Waals surface area contributed by atoms with Crippen LogP contribution in [0.1, 0.15) is 5.56 Å². The van der Waals surface area contributed by atoms with Crippen LogP contribution in [0.15, 0.2) is 25.6 Å². The highest BCUT2D eigenvalue weighted by Gasteiger charge is 2.16. The summed E-state index contributed by atoms with van der Waals surface area (Å²) in [5.74, 6) is -0.515. The second-order valence-corrected chi connectivity index (χ2v) is 6.07. The summed E-state index contributed by atoms with van der Waals surface area (Å²) in [6, 6.07) is 3.79. The lowest BCUT2D eigenvalue weighted by molar-refractivity contribution is -0.117. The molecule has 0 aliphatic heterocycles. The number of nitrogens with two attached hydrogens (primary N) is 1. The Morgan fingerprint density at radius 3 is 2.20 bits per heavy atom. The van der Waals surface area contributed by atoms with Gasteiger partial charge < -0.3 is 5.73 Å². The van der Waals surface area contributed by atoms with Gasteiger partial charge in [-0.3, -0.25) is 4.79 Å². The number of carbonyl (C=O) groups excluding carboxylic acids is 1. The molecule has 0 saturated heterocycles. The molecular formula is C9H7Br3ClNO. The minimum atomic E-state index is -0.696. The number of rotatable bonds is 3. The van der Waals surface area contributed by atoms with Gasteiger partial charge in [-0.2, -0.15) is 0 Å². The highest BCUT2D eigenvalue weighted by atomic mass is 79.9.